The summed E-state index contributed by atoms with van der Waals surface area (Å²) < 4.78 is 0. The van der Waals surface area contributed by atoms with E-state index in [4.69, 9.17) is 0 Å². The standard InChI is InChI=1S/C22H30N2O2/c1-13-3-5-17(6-4-13)20(23-14(2)25)12-21(26)24-22-18-8-15-7-16(10-18)11-19(22)9-15/h3-6,15-16,18-20,22H,7-12H2,1-2H3,(H,23,25)(H,24,26). The van der Waals surface area contributed by atoms with E-state index in [-0.39, 0.29) is 17.9 Å². The lowest BCUT2D eigenvalue weighted by atomic mass is 9.54. The Hall–Kier alpha value is -1.84. The predicted molar refractivity (Wildman–Crippen MR) is 101 cm³/mol. The van der Waals surface area contributed by atoms with Crippen LogP contribution in [0.1, 0.15) is 62.6 Å². The monoisotopic (exact) mass is 354 g/mol. The van der Waals surface area contributed by atoms with Gasteiger partial charge < -0.3 is 10.6 Å². The Kier molecular flexibility index (Phi) is 4.76. The van der Waals surface area contributed by atoms with Gasteiger partial charge in [0, 0.05) is 13.0 Å². The first-order valence-corrected chi connectivity index (χ1v) is 10.1. The van der Waals surface area contributed by atoms with Crippen LogP contribution in [0.2, 0.25) is 0 Å². The highest BCUT2D eigenvalue weighted by Gasteiger charge is 2.48. The van der Waals surface area contributed by atoms with Crippen molar-refractivity contribution < 1.29 is 9.59 Å². The number of aryl methyl sites for hydroxylation is 1. The van der Waals surface area contributed by atoms with Crippen LogP contribution >= 0.6 is 0 Å². The molecule has 0 aliphatic heterocycles. The van der Waals surface area contributed by atoms with E-state index in [1.165, 1.54) is 44.6 Å². The predicted octanol–water partition coefficient (Wildman–Crippen LogP) is 3.50. The van der Waals surface area contributed by atoms with Gasteiger partial charge in [0.1, 0.15) is 0 Å². The summed E-state index contributed by atoms with van der Waals surface area (Å²) in [6.07, 6.45) is 6.92. The molecule has 4 heteroatoms. The van der Waals surface area contributed by atoms with Gasteiger partial charge in [0.2, 0.25) is 11.8 Å². The fourth-order valence-electron chi connectivity index (χ4n) is 5.89. The number of benzene rings is 1. The molecule has 26 heavy (non-hydrogen) atoms. The van der Waals surface area contributed by atoms with Gasteiger partial charge in [-0.05, 0) is 68.3 Å². The summed E-state index contributed by atoms with van der Waals surface area (Å²) in [4.78, 5) is 24.4. The number of hydrogen-bond acceptors (Lipinski definition) is 2. The van der Waals surface area contributed by atoms with E-state index < -0.39 is 0 Å². The van der Waals surface area contributed by atoms with Crippen LogP contribution in [0, 0.1) is 30.6 Å². The fourth-order valence-corrected chi connectivity index (χ4v) is 5.89. The van der Waals surface area contributed by atoms with Gasteiger partial charge in [0.25, 0.3) is 0 Å². The van der Waals surface area contributed by atoms with Gasteiger partial charge in [0.05, 0.1) is 12.5 Å². The Morgan fingerprint density at radius 3 is 2.12 bits per heavy atom. The molecule has 140 valence electrons. The first-order chi connectivity index (χ1) is 12.5. The van der Waals surface area contributed by atoms with Gasteiger partial charge in [-0.25, -0.2) is 0 Å². The fraction of sp³-hybridized carbons (Fsp3) is 0.636. The molecule has 4 nitrogen and oxygen atoms in total. The quantitative estimate of drug-likeness (QED) is 0.850. The number of amides is 2. The normalized spacial score (nSPS) is 32.9. The molecule has 2 amide bonds. The molecule has 1 unspecified atom stereocenters. The summed E-state index contributed by atoms with van der Waals surface area (Å²) in [6, 6.07) is 8.16. The third kappa shape index (κ3) is 3.65. The van der Waals surface area contributed by atoms with Crippen LogP contribution in [0.4, 0.5) is 0 Å². The van der Waals surface area contributed by atoms with E-state index in [1.807, 2.05) is 31.2 Å². The molecule has 4 aliphatic carbocycles. The second-order valence-electron chi connectivity index (χ2n) is 8.89. The Labute approximate surface area is 156 Å². The minimum atomic E-state index is -0.259. The largest absolute Gasteiger partial charge is 0.353 e. The maximum atomic E-state index is 12.8. The highest BCUT2D eigenvalue weighted by Crippen LogP contribution is 2.53. The lowest BCUT2D eigenvalue weighted by Gasteiger charge is -2.54. The molecule has 0 radical (unpaired) electrons. The molecule has 4 fully saturated rings. The minimum Gasteiger partial charge on any atom is -0.353 e. The number of carbonyl (C=O) groups excluding carboxylic acids is 2. The zero-order valence-electron chi connectivity index (χ0n) is 15.8. The van der Waals surface area contributed by atoms with E-state index in [9.17, 15) is 9.59 Å². The van der Waals surface area contributed by atoms with Crippen molar-refractivity contribution in [2.24, 2.45) is 23.7 Å². The van der Waals surface area contributed by atoms with Crippen LogP contribution in [0.3, 0.4) is 0 Å². The molecular formula is C22H30N2O2. The Balaban J connectivity index is 1.41. The van der Waals surface area contributed by atoms with Gasteiger partial charge in [-0.2, -0.15) is 0 Å². The molecular weight excluding hydrogens is 324 g/mol. The van der Waals surface area contributed by atoms with Gasteiger partial charge in [-0.1, -0.05) is 29.8 Å². The second-order valence-corrected chi connectivity index (χ2v) is 8.89. The number of nitrogens with one attached hydrogen (secondary N) is 2. The molecule has 5 rings (SSSR count). The Bertz CT molecular complexity index is 654. The third-order valence-electron chi connectivity index (χ3n) is 6.80. The molecule has 0 saturated heterocycles. The Morgan fingerprint density at radius 2 is 1.58 bits per heavy atom. The zero-order chi connectivity index (χ0) is 18.3. The molecule has 0 aromatic heterocycles. The average molecular weight is 354 g/mol. The first kappa shape index (κ1) is 17.6. The van der Waals surface area contributed by atoms with Crippen molar-refractivity contribution in [3.05, 3.63) is 35.4 Å². The maximum Gasteiger partial charge on any atom is 0.222 e. The molecule has 2 N–H and O–H groups in total. The highest BCUT2D eigenvalue weighted by atomic mass is 16.2. The van der Waals surface area contributed by atoms with Crippen LogP contribution in [0.5, 0.6) is 0 Å². The van der Waals surface area contributed by atoms with E-state index in [0.717, 1.165) is 17.4 Å². The van der Waals surface area contributed by atoms with E-state index >= 15 is 0 Å². The molecule has 1 aromatic rings. The van der Waals surface area contributed by atoms with E-state index in [2.05, 4.69) is 10.6 Å². The summed E-state index contributed by atoms with van der Waals surface area (Å²) >= 11 is 0. The molecule has 4 bridgehead atoms. The van der Waals surface area contributed by atoms with Crippen LogP contribution in [-0.2, 0) is 9.59 Å². The van der Waals surface area contributed by atoms with Crippen molar-refractivity contribution in [2.45, 2.75) is 64.5 Å². The second kappa shape index (κ2) is 7.05. The summed E-state index contributed by atoms with van der Waals surface area (Å²) in [7, 11) is 0. The van der Waals surface area contributed by atoms with E-state index in [0.29, 0.717) is 24.3 Å². The van der Waals surface area contributed by atoms with Crippen molar-refractivity contribution in [1.29, 1.82) is 0 Å². The maximum absolute atomic E-state index is 12.8. The average Bonchev–Trinajstić information content (AvgIpc) is 2.57. The van der Waals surface area contributed by atoms with Crippen molar-refractivity contribution in [1.82, 2.24) is 10.6 Å². The van der Waals surface area contributed by atoms with Crippen molar-refractivity contribution in [3.63, 3.8) is 0 Å². The van der Waals surface area contributed by atoms with Gasteiger partial charge in [-0.3, -0.25) is 9.59 Å². The zero-order valence-corrected chi connectivity index (χ0v) is 15.8. The number of carbonyl (C=O) groups is 2. The highest BCUT2D eigenvalue weighted by molar-refractivity contribution is 5.79. The van der Waals surface area contributed by atoms with Crippen molar-refractivity contribution in [3.8, 4) is 0 Å². The number of rotatable bonds is 5. The van der Waals surface area contributed by atoms with Crippen molar-refractivity contribution >= 4 is 11.8 Å². The lowest BCUT2D eigenvalue weighted by Crippen LogP contribution is -2.56. The van der Waals surface area contributed by atoms with Gasteiger partial charge in [0.15, 0.2) is 0 Å². The van der Waals surface area contributed by atoms with Crippen LogP contribution in [0.15, 0.2) is 24.3 Å². The first-order valence-electron chi connectivity index (χ1n) is 10.1. The van der Waals surface area contributed by atoms with Gasteiger partial charge in [-0.15, -0.1) is 0 Å². The summed E-state index contributed by atoms with van der Waals surface area (Å²) in [5.74, 6) is 3.14. The van der Waals surface area contributed by atoms with Crippen LogP contribution < -0.4 is 10.6 Å². The van der Waals surface area contributed by atoms with Crippen LogP contribution in [-0.4, -0.2) is 17.9 Å². The van der Waals surface area contributed by atoms with Crippen molar-refractivity contribution in [2.75, 3.05) is 0 Å². The molecule has 4 saturated carbocycles. The molecule has 4 aliphatic rings. The molecule has 0 spiro atoms. The molecule has 0 heterocycles. The third-order valence-corrected chi connectivity index (χ3v) is 6.80. The molecule has 1 atom stereocenters. The minimum absolute atomic E-state index is 0.0711. The summed E-state index contributed by atoms with van der Waals surface area (Å²) in [5, 5.41) is 6.31. The topological polar surface area (TPSA) is 58.2 Å². The van der Waals surface area contributed by atoms with Crippen LogP contribution in [0.25, 0.3) is 0 Å². The molecule has 1 aromatic carbocycles. The van der Waals surface area contributed by atoms with Gasteiger partial charge >= 0.3 is 0 Å². The lowest BCUT2D eigenvalue weighted by molar-refractivity contribution is -0.126. The van der Waals surface area contributed by atoms with E-state index in [1.54, 1.807) is 0 Å². The summed E-state index contributed by atoms with van der Waals surface area (Å²) in [5.41, 5.74) is 2.17. The SMILES string of the molecule is CC(=O)NC(CC(=O)NC1C2CC3CC(C2)CC1C3)c1ccc(C)cc1. The summed E-state index contributed by atoms with van der Waals surface area (Å²) in [6.45, 7) is 3.55. The Morgan fingerprint density at radius 1 is 1.00 bits per heavy atom. The number of hydrogen-bond donors (Lipinski definition) is 2. The smallest absolute Gasteiger partial charge is 0.222 e.